The number of anilines is 2. The van der Waals surface area contributed by atoms with Crippen LogP contribution < -0.4 is 10.6 Å². The van der Waals surface area contributed by atoms with Crippen molar-refractivity contribution in [3.8, 4) is 0 Å². The molecule has 3 rings (SSSR count). The van der Waals surface area contributed by atoms with Crippen LogP contribution in [0.3, 0.4) is 0 Å². The summed E-state index contributed by atoms with van der Waals surface area (Å²) in [6.07, 6.45) is 3.03. The van der Waals surface area contributed by atoms with Crippen LogP contribution in [0.15, 0.2) is 22.5 Å². The average molecular weight is 348 g/mol. The lowest BCUT2D eigenvalue weighted by atomic mass is 10.1. The summed E-state index contributed by atoms with van der Waals surface area (Å²) in [5.74, 6) is 0.117. The highest BCUT2D eigenvalue weighted by molar-refractivity contribution is 8.02. The molecule has 1 aliphatic rings. The standard InChI is InChI=1S/C16H20N4OS2/c1-10-6-7-12(9-11(10)2)18-15-19-20-16(23-15)22-13-5-3-4-8-17-14(13)21/h6-7,9,13H,3-5,8H2,1-2H3,(H,17,21)(H,18,19)/t13-/m1/s1. The molecule has 0 saturated carbocycles. The molecular weight excluding hydrogens is 328 g/mol. The number of nitrogens with zero attached hydrogens (tertiary/aromatic N) is 2. The number of rotatable bonds is 4. The number of carbonyl (C=O) groups excluding carboxylic acids is 1. The molecule has 1 fully saturated rings. The van der Waals surface area contributed by atoms with E-state index in [9.17, 15) is 4.79 Å². The van der Waals surface area contributed by atoms with Gasteiger partial charge in [-0.25, -0.2) is 0 Å². The van der Waals surface area contributed by atoms with E-state index in [4.69, 9.17) is 0 Å². The van der Waals surface area contributed by atoms with E-state index in [1.54, 1.807) is 0 Å². The van der Waals surface area contributed by atoms with Crippen molar-refractivity contribution in [3.05, 3.63) is 29.3 Å². The molecule has 1 aromatic carbocycles. The van der Waals surface area contributed by atoms with Crippen molar-refractivity contribution in [2.24, 2.45) is 0 Å². The fraction of sp³-hybridized carbons (Fsp3) is 0.438. The average Bonchev–Trinajstić information content (AvgIpc) is 2.86. The largest absolute Gasteiger partial charge is 0.355 e. The lowest BCUT2D eigenvalue weighted by molar-refractivity contribution is -0.120. The van der Waals surface area contributed by atoms with Gasteiger partial charge in [-0.2, -0.15) is 0 Å². The Morgan fingerprint density at radius 3 is 2.96 bits per heavy atom. The minimum Gasteiger partial charge on any atom is -0.355 e. The highest BCUT2D eigenvalue weighted by atomic mass is 32.2. The van der Waals surface area contributed by atoms with Crippen molar-refractivity contribution >= 4 is 39.8 Å². The van der Waals surface area contributed by atoms with E-state index >= 15 is 0 Å². The quantitative estimate of drug-likeness (QED) is 0.883. The Hall–Kier alpha value is -1.60. The van der Waals surface area contributed by atoms with Gasteiger partial charge in [0.2, 0.25) is 11.0 Å². The van der Waals surface area contributed by atoms with Gasteiger partial charge in [0.15, 0.2) is 4.34 Å². The first-order chi connectivity index (χ1) is 11.1. The number of aryl methyl sites for hydroxylation is 2. The smallest absolute Gasteiger partial charge is 0.233 e. The minimum absolute atomic E-state index is 0.0556. The Morgan fingerprint density at radius 1 is 1.26 bits per heavy atom. The van der Waals surface area contributed by atoms with Crippen LogP contribution in [-0.4, -0.2) is 27.9 Å². The summed E-state index contributed by atoms with van der Waals surface area (Å²) in [4.78, 5) is 12.0. The maximum Gasteiger partial charge on any atom is 0.233 e. The molecule has 5 nitrogen and oxygen atoms in total. The SMILES string of the molecule is Cc1ccc(Nc2nnc(S[C@@H]3CCCCNC3=O)s2)cc1C. The van der Waals surface area contributed by atoms with Crippen molar-refractivity contribution in [2.75, 3.05) is 11.9 Å². The van der Waals surface area contributed by atoms with Gasteiger partial charge in [-0.15, -0.1) is 10.2 Å². The van der Waals surface area contributed by atoms with Gasteiger partial charge in [0.25, 0.3) is 0 Å². The molecule has 1 saturated heterocycles. The van der Waals surface area contributed by atoms with E-state index < -0.39 is 0 Å². The van der Waals surface area contributed by atoms with E-state index in [0.717, 1.165) is 41.0 Å². The molecule has 0 radical (unpaired) electrons. The molecule has 1 amide bonds. The van der Waals surface area contributed by atoms with Gasteiger partial charge in [-0.1, -0.05) is 35.6 Å². The highest BCUT2D eigenvalue weighted by Crippen LogP contribution is 2.33. The third-order valence-electron chi connectivity index (χ3n) is 3.89. The molecule has 2 aromatic rings. The topological polar surface area (TPSA) is 66.9 Å². The van der Waals surface area contributed by atoms with E-state index in [2.05, 4.69) is 46.8 Å². The van der Waals surface area contributed by atoms with Crippen molar-refractivity contribution in [1.29, 1.82) is 0 Å². The Labute approximate surface area is 144 Å². The number of amides is 1. The zero-order chi connectivity index (χ0) is 16.2. The van der Waals surface area contributed by atoms with Crippen molar-refractivity contribution in [2.45, 2.75) is 42.7 Å². The van der Waals surface area contributed by atoms with Gasteiger partial charge in [0.05, 0.1) is 5.25 Å². The number of aromatic nitrogens is 2. The maximum atomic E-state index is 12.0. The lowest BCUT2D eigenvalue weighted by Gasteiger charge is -2.09. The Balaban J connectivity index is 1.65. The van der Waals surface area contributed by atoms with E-state index in [1.807, 2.05) is 6.07 Å². The molecule has 23 heavy (non-hydrogen) atoms. The van der Waals surface area contributed by atoms with Crippen LogP contribution >= 0.6 is 23.1 Å². The van der Waals surface area contributed by atoms with E-state index in [-0.39, 0.29) is 11.2 Å². The normalized spacial score (nSPS) is 18.3. The molecule has 0 bridgehead atoms. The first-order valence-electron chi connectivity index (χ1n) is 7.74. The molecule has 2 heterocycles. The predicted octanol–water partition coefficient (Wildman–Crippen LogP) is 3.66. The molecule has 1 aromatic heterocycles. The van der Waals surface area contributed by atoms with Gasteiger partial charge in [-0.05, 0) is 49.9 Å². The van der Waals surface area contributed by atoms with Gasteiger partial charge in [0, 0.05) is 12.2 Å². The van der Waals surface area contributed by atoms with Gasteiger partial charge >= 0.3 is 0 Å². The molecular formula is C16H20N4OS2. The Kier molecular flexibility index (Phi) is 5.17. The molecule has 122 valence electrons. The summed E-state index contributed by atoms with van der Waals surface area (Å²) in [5, 5.41) is 15.3. The first kappa shape index (κ1) is 16.3. The zero-order valence-electron chi connectivity index (χ0n) is 13.3. The van der Waals surface area contributed by atoms with E-state index in [1.165, 1.54) is 34.2 Å². The monoisotopic (exact) mass is 348 g/mol. The predicted molar refractivity (Wildman–Crippen MR) is 95.6 cm³/mol. The molecule has 0 unspecified atom stereocenters. The van der Waals surface area contributed by atoms with E-state index in [0.29, 0.717) is 0 Å². The second-order valence-corrected chi connectivity index (χ2v) is 8.12. The second kappa shape index (κ2) is 7.31. The summed E-state index contributed by atoms with van der Waals surface area (Å²) in [7, 11) is 0. The molecule has 7 heteroatoms. The minimum atomic E-state index is -0.0556. The van der Waals surface area contributed by atoms with Crippen molar-refractivity contribution in [3.63, 3.8) is 0 Å². The number of carbonyl (C=O) groups is 1. The van der Waals surface area contributed by atoms with Crippen LogP contribution in [0.4, 0.5) is 10.8 Å². The molecule has 0 aliphatic carbocycles. The van der Waals surface area contributed by atoms with Crippen LogP contribution in [0.1, 0.15) is 30.4 Å². The number of nitrogens with one attached hydrogen (secondary N) is 2. The lowest BCUT2D eigenvalue weighted by Crippen LogP contribution is -2.30. The number of benzene rings is 1. The van der Waals surface area contributed by atoms with Crippen LogP contribution in [-0.2, 0) is 4.79 Å². The summed E-state index contributed by atoms with van der Waals surface area (Å²) < 4.78 is 0.832. The Morgan fingerprint density at radius 2 is 2.13 bits per heavy atom. The van der Waals surface area contributed by atoms with Crippen LogP contribution in [0.5, 0.6) is 0 Å². The van der Waals surface area contributed by atoms with Crippen molar-refractivity contribution in [1.82, 2.24) is 15.5 Å². The number of hydrogen-bond acceptors (Lipinski definition) is 6. The summed E-state index contributed by atoms with van der Waals surface area (Å²) in [6, 6.07) is 6.22. The summed E-state index contributed by atoms with van der Waals surface area (Å²) in [5.41, 5.74) is 3.51. The highest BCUT2D eigenvalue weighted by Gasteiger charge is 2.23. The maximum absolute atomic E-state index is 12.0. The van der Waals surface area contributed by atoms with Crippen LogP contribution in [0, 0.1) is 13.8 Å². The molecule has 0 spiro atoms. The fourth-order valence-electron chi connectivity index (χ4n) is 2.40. The van der Waals surface area contributed by atoms with Crippen LogP contribution in [0.2, 0.25) is 0 Å². The van der Waals surface area contributed by atoms with Crippen molar-refractivity contribution < 1.29 is 4.79 Å². The van der Waals surface area contributed by atoms with Gasteiger partial charge in [0.1, 0.15) is 0 Å². The summed E-state index contributed by atoms with van der Waals surface area (Å²) in [6.45, 7) is 4.97. The third kappa shape index (κ3) is 4.23. The van der Waals surface area contributed by atoms with Crippen LogP contribution in [0.25, 0.3) is 0 Å². The fourth-order valence-corrected chi connectivity index (χ4v) is 4.48. The molecule has 1 aliphatic heterocycles. The molecule has 1 atom stereocenters. The number of hydrogen-bond donors (Lipinski definition) is 2. The number of thioether (sulfide) groups is 1. The zero-order valence-corrected chi connectivity index (χ0v) is 14.9. The van der Waals surface area contributed by atoms with Gasteiger partial charge < -0.3 is 10.6 Å². The second-order valence-electron chi connectivity index (χ2n) is 5.69. The van der Waals surface area contributed by atoms with Gasteiger partial charge in [-0.3, -0.25) is 4.79 Å². The summed E-state index contributed by atoms with van der Waals surface area (Å²) >= 11 is 3.01. The molecule has 2 N–H and O–H groups in total. The third-order valence-corrected chi connectivity index (χ3v) is 6.08. The Bertz CT molecular complexity index is 701. The first-order valence-corrected chi connectivity index (χ1v) is 9.43.